The number of benzene rings is 1. The van der Waals surface area contributed by atoms with Crippen LogP contribution in [0.5, 0.6) is 0 Å². The van der Waals surface area contributed by atoms with Gasteiger partial charge in [0.15, 0.2) is 5.78 Å². The number of carbonyl (C=O) groups is 1. The van der Waals surface area contributed by atoms with Crippen LogP contribution in [0.4, 0.5) is 0 Å². The number of ketones is 1. The molecule has 1 aromatic carbocycles. The summed E-state index contributed by atoms with van der Waals surface area (Å²) >= 11 is 6.20. The minimum Gasteiger partial charge on any atom is -0.394 e. The van der Waals surface area contributed by atoms with Gasteiger partial charge in [-0.25, -0.2) is 0 Å². The van der Waals surface area contributed by atoms with Crippen molar-refractivity contribution in [3.63, 3.8) is 0 Å². The highest BCUT2D eigenvalue weighted by molar-refractivity contribution is 14.1. The molecule has 0 saturated heterocycles. The smallest absolute Gasteiger partial charge is 0.195 e. The zero-order valence-corrected chi connectivity index (χ0v) is 14.9. The van der Waals surface area contributed by atoms with Crippen LogP contribution in [0, 0.1) is 10.7 Å². The SMILES string of the molecule is O=C(c1cc(I)cc(I)c1I)C(O)C(O)CO. The lowest BCUT2D eigenvalue weighted by atomic mass is 10.0. The van der Waals surface area contributed by atoms with Crippen LogP contribution in [0.25, 0.3) is 0 Å². The van der Waals surface area contributed by atoms with Crippen LogP contribution in [0.15, 0.2) is 12.1 Å². The topological polar surface area (TPSA) is 77.8 Å². The maximum atomic E-state index is 11.9. The summed E-state index contributed by atoms with van der Waals surface area (Å²) in [6, 6.07) is 3.56. The Kier molecular flexibility index (Phi) is 6.53. The zero-order valence-electron chi connectivity index (χ0n) is 8.40. The van der Waals surface area contributed by atoms with E-state index in [-0.39, 0.29) is 0 Å². The molecule has 7 heteroatoms. The molecule has 3 N–H and O–H groups in total. The summed E-state index contributed by atoms with van der Waals surface area (Å²) in [6.45, 7) is -0.648. The lowest BCUT2D eigenvalue weighted by molar-refractivity contribution is -0.00496. The maximum absolute atomic E-state index is 11.9. The van der Waals surface area contributed by atoms with Gasteiger partial charge in [-0.3, -0.25) is 4.79 Å². The van der Waals surface area contributed by atoms with Gasteiger partial charge in [0, 0.05) is 16.3 Å². The normalized spacial score (nSPS) is 14.5. The summed E-state index contributed by atoms with van der Waals surface area (Å²) in [6.07, 6.45) is -3.05. The first-order valence-electron chi connectivity index (χ1n) is 4.54. The molecular formula is C10H9I3O4. The number of carbonyl (C=O) groups excluding carboxylic acids is 1. The highest BCUT2D eigenvalue weighted by Gasteiger charge is 2.27. The van der Waals surface area contributed by atoms with Crippen molar-refractivity contribution in [1.29, 1.82) is 0 Å². The number of halogens is 3. The lowest BCUT2D eigenvalue weighted by Gasteiger charge is -2.15. The number of Topliss-reactive ketones (excluding diaryl/α,β-unsaturated/α-hetero) is 1. The van der Waals surface area contributed by atoms with Crippen LogP contribution in [0.1, 0.15) is 10.4 Å². The van der Waals surface area contributed by atoms with Gasteiger partial charge in [-0.15, -0.1) is 0 Å². The fraction of sp³-hybridized carbons (Fsp3) is 0.300. The van der Waals surface area contributed by atoms with Crippen molar-refractivity contribution in [1.82, 2.24) is 0 Å². The molecule has 0 aliphatic carbocycles. The summed E-state index contributed by atoms with van der Waals surface area (Å²) in [5, 5.41) is 27.6. The minimum absolute atomic E-state index is 0.363. The first-order valence-corrected chi connectivity index (χ1v) is 7.77. The van der Waals surface area contributed by atoms with Crippen LogP contribution < -0.4 is 0 Å². The van der Waals surface area contributed by atoms with Gasteiger partial charge in [-0.1, -0.05) is 0 Å². The second kappa shape index (κ2) is 6.93. The Labute approximate surface area is 139 Å². The number of hydrogen-bond acceptors (Lipinski definition) is 4. The van der Waals surface area contributed by atoms with E-state index in [0.717, 1.165) is 10.7 Å². The Bertz CT molecular complexity index is 436. The second-order valence-electron chi connectivity index (χ2n) is 3.31. The van der Waals surface area contributed by atoms with Crippen LogP contribution in [-0.2, 0) is 0 Å². The molecule has 0 aliphatic heterocycles. The average molecular weight is 574 g/mol. The van der Waals surface area contributed by atoms with Gasteiger partial charge in [0.2, 0.25) is 0 Å². The molecule has 0 radical (unpaired) electrons. The van der Waals surface area contributed by atoms with E-state index in [1.54, 1.807) is 6.07 Å². The van der Waals surface area contributed by atoms with Crippen LogP contribution in [0.2, 0.25) is 0 Å². The first kappa shape index (κ1) is 16.0. The Morgan fingerprint density at radius 3 is 2.35 bits per heavy atom. The van der Waals surface area contributed by atoms with Crippen molar-refractivity contribution >= 4 is 73.6 Å². The summed E-state index contributed by atoms with van der Waals surface area (Å²) in [5.74, 6) is -0.576. The van der Waals surface area contributed by atoms with Crippen molar-refractivity contribution in [3.8, 4) is 0 Å². The van der Waals surface area contributed by atoms with E-state index in [0.29, 0.717) is 5.56 Å². The standard InChI is InChI=1S/C10H9I3O4/c11-4-1-5(8(13)6(12)2-4)9(16)10(17)7(15)3-14/h1-2,7,10,14-15,17H,3H2. The molecule has 0 fully saturated rings. The third-order valence-electron chi connectivity index (χ3n) is 2.08. The summed E-state index contributed by atoms with van der Waals surface area (Å²) < 4.78 is 2.52. The fourth-order valence-electron chi connectivity index (χ4n) is 1.17. The molecule has 1 rings (SSSR count). The van der Waals surface area contributed by atoms with Gasteiger partial charge in [-0.05, 0) is 79.9 Å². The van der Waals surface area contributed by atoms with Crippen LogP contribution in [-0.4, -0.2) is 39.9 Å². The molecule has 0 bridgehead atoms. The van der Waals surface area contributed by atoms with Crippen molar-refractivity contribution in [2.24, 2.45) is 0 Å². The minimum atomic E-state index is -1.59. The quantitative estimate of drug-likeness (QED) is 0.289. The average Bonchev–Trinajstić information content (AvgIpc) is 2.30. The van der Waals surface area contributed by atoms with E-state index >= 15 is 0 Å². The molecule has 0 amide bonds. The molecule has 0 saturated carbocycles. The molecule has 0 heterocycles. The first-order chi connectivity index (χ1) is 7.88. The molecule has 4 nitrogen and oxygen atoms in total. The molecule has 17 heavy (non-hydrogen) atoms. The monoisotopic (exact) mass is 574 g/mol. The highest BCUT2D eigenvalue weighted by atomic mass is 127. The van der Waals surface area contributed by atoms with Crippen molar-refractivity contribution in [2.45, 2.75) is 12.2 Å². The Balaban J connectivity index is 3.12. The molecular weight excluding hydrogens is 565 g/mol. The molecule has 0 aliphatic rings. The number of rotatable bonds is 4. The van der Waals surface area contributed by atoms with Gasteiger partial charge in [-0.2, -0.15) is 0 Å². The third kappa shape index (κ3) is 3.96. The van der Waals surface area contributed by atoms with Crippen LogP contribution >= 0.6 is 67.8 Å². The van der Waals surface area contributed by atoms with Gasteiger partial charge in [0.25, 0.3) is 0 Å². The maximum Gasteiger partial charge on any atom is 0.195 e. The zero-order chi connectivity index (χ0) is 13.2. The Morgan fingerprint density at radius 1 is 1.24 bits per heavy atom. The Hall–Kier alpha value is 0.960. The van der Waals surface area contributed by atoms with Crippen LogP contribution in [0.3, 0.4) is 0 Å². The predicted octanol–water partition coefficient (Wildman–Crippen LogP) is 1.40. The van der Waals surface area contributed by atoms with Crippen molar-refractivity contribution in [3.05, 3.63) is 28.4 Å². The molecule has 0 aromatic heterocycles. The van der Waals surface area contributed by atoms with Crippen molar-refractivity contribution < 1.29 is 20.1 Å². The number of aliphatic hydroxyl groups excluding tert-OH is 3. The highest BCUT2D eigenvalue weighted by Crippen LogP contribution is 2.24. The molecule has 94 valence electrons. The van der Waals surface area contributed by atoms with Gasteiger partial charge < -0.3 is 15.3 Å². The van der Waals surface area contributed by atoms with Gasteiger partial charge >= 0.3 is 0 Å². The van der Waals surface area contributed by atoms with E-state index in [1.807, 2.05) is 28.7 Å². The lowest BCUT2D eigenvalue weighted by Crippen LogP contribution is -2.36. The summed E-state index contributed by atoms with van der Waals surface area (Å²) in [7, 11) is 0. The molecule has 1 aromatic rings. The van der Waals surface area contributed by atoms with E-state index in [2.05, 4.69) is 45.2 Å². The van der Waals surface area contributed by atoms with E-state index < -0.39 is 24.6 Å². The van der Waals surface area contributed by atoms with Gasteiger partial charge in [0.1, 0.15) is 12.2 Å². The molecule has 2 atom stereocenters. The number of aliphatic hydroxyl groups is 3. The van der Waals surface area contributed by atoms with Crippen molar-refractivity contribution in [2.75, 3.05) is 6.61 Å². The third-order valence-corrected chi connectivity index (χ3v) is 5.75. The summed E-state index contributed by atoms with van der Waals surface area (Å²) in [5.41, 5.74) is 0.363. The molecule has 0 spiro atoms. The largest absolute Gasteiger partial charge is 0.394 e. The van der Waals surface area contributed by atoms with Gasteiger partial charge in [0.05, 0.1) is 6.61 Å². The number of hydrogen-bond donors (Lipinski definition) is 3. The predicted molar refractivity (Wildman–Crippen MR) is 88.0 cm³/mol. The van der Waals surface area contributed by atoms with E-state index in [4.69, 9.17) is 5.11 Å². The Morgan fingerprint density at radius 2 is 1.82 bits per heavy atom. The molecule has 2 unspecified atom stereocenters. The fourth-order valence-corrected chi connectivity index (χ4v) is 3.59. The summed E-state index contributed by atoms with van der Waals surface area (Å²) in [4.78, 5) is 11.9. The second-order valence-corrected chi connectivity index (χ2v) is 6.79. The van der Waals surface area contributed by atoms with E-state index in [1.165, 1.54) is 0 Å². The van der Waals surface area contributed by atoms with E-state index in [9.17, 15) is 15.0 Å².